The van der Waals surface area contributed by atoms with Crippen LogP contribution in [0.25, 0.3) is 0 Å². The average molecular weight is 275 g/mol. The summed E-state index contributed by atoms with van der Waals surface area (Å²) in [6.45, 7) is 0.906. The Labute approximate surface area is 121 Å². The number of hydrogen-bond donors (Lipinski definition) is 2. The van der Waals surface area contributed by atoms with Crippen molar-refractivity contribution < 1.29 is 10.2 Å². The van der Waals surface area contributed by atoms with Gasteiger partial charge in [0.15, 0.2) is 0 Å². The van der Waals surface area contributed by atoms with Crippen LogP contribution in [0.1, 0.15) is 31.2 Å². The fraction of sp³-hybridized carbons (Fsp3) is 0.647. The molecule has 1 aromatic rings. The van der Waals surface area contributed by atoms with E-state index in [1.807, 2.05) is 12.1 Å². The first-order valence-electron chi connectivity index (χ1n) is 7.65. The molecule has 0 unspecified atom stereocenters. The fourth-order valence-electron chi connectivity index (χ4n) is 4.45. The van der Waals surface area contributed by atoms with Crippen LogP contribution in [0.2, 0.25) is 0 Å². The van der Waals surface area contributed by atoms with Crippen LogP contribution in [0.5, 0.6) is 5.75 Å². The zero-order valence-electron chi connectivity index (χ0n) is 12.4. The van der Waals surface area contributed by atoms with Gasteiger partial charge in [0.2, 0.25) is 0 Å². The molecule has 3 rings (SSSR count). The summed E-state index contributed by atoms with van der Waals surface area (Å²) >= 11 is 0. The molecule has 2 bridgehead atoms. The van der Waals surface area contributed by atoms with Gasteiger partial charge in [-0.2, -0.15) is 0 Å². The van der Waals surface area contributed by atoms with Gasteiger partial charge in [0.1, 0.15) is 5.75 Å². The molecule has 0 radical (unpaired) electrons. The first-order chi connectivity index (χ1) is 9.49. The molecule has 0 spiro atoms. The molecule has 110 valence electrons. The molecular formula is C17H25NO2. The SMILES string of the molecule is CN(C)C[C@H]1[C@H]2CC[C@H](C2)C[C@]1(O)c1cccc(O)c1. The second kappa shape index (κ2) is 5.05. The average Bonchev–Trinajstić information content (AvgIpc) is 2.78. The minimum atomic E-state index is -0.785. The van der Waals surface area contributed by atoms with Crippen molar-refractivity contribution >= 4 is 0 Å². The van der Waals surface area contributed by atoms with E-state index in [0.29, 0.717) is 11.8 Å². The van der Waals surface area contributed by atoms with Gasteiger partial charge in [0.25, 0.3) is 0 Å². The molecule has 1 aromatic carbocycles. The van der Waals surface area contributed by atoms with Crippen molar-refractivity contribution in [2.24, 2.45) is 17.8 Å². The molecule has 0 amide bonds. The zero-order valence-corrected chi connectivity index (χ0v) is 12.4. The van der Waals surface area contributed by atoms with Gasteiger partial charge in [-0.3, -0.25) is 0 Å². The highest BCUT2D eigenvalue weighted by atomic mass is 16.3. The topological polar surface area (TPSA) is 43.7 Å². The van der Waals surface area contributed by atoms with Crippen LogP contribution >= 0.6 is 0 Å². The Kier molecular flexibility index (Phi) is 3.51. The molecule has 2 fully saturated rings. The molecule has 3 heteroatoms. The lowest BCUT2D eigenvalue weighted by atomic mass is 9.66. The third-order valence-electron chi connectivity index (χ3n) is 5.27. The van der Waals surface area contributed by atoms with E-state index in [4.69, 9.17) is 0 Å². The van der Waals surface area contributed by atoms with Gasteiger partial charge < -0.3 is 15.1 Å². The lowest BCUT2D eigenvalue weighted by molar-refractivity contribution is -0.0892. The van der Waals surface area contributed by atoms with E-state index in [2.05, 4.69) is 19.0 Å². The number of aromatic hydroxyl groups is 1. The molecule has 0 aliphatic heterocycles. The summed E-state index contributed by atoms with van der Waals surface area (Å²) in [7, 11) is 4.15. The van der Waals surface area contributed by atoms with Gasteiger partial charge in [0, 0.05) is 12.5 Å². The quantitative estimate of drug-likeness (QED) is 0.891. The molecule has 4 atom stereocenters. The lowest BCUT2D eigenvalue weighted by Crippen LogP contribution is -2.47. The smallest absolute Gasteiger partial charge is 0.115 e. The van der Waals surface area contributed by atoms with E-state index in [0.717, 1.165) is 18.5 Å². The highest BCUT2D eigenvalue weighted by molar-refractivity contribution is 5.33. The monoisotopic (exact) mass is 275 g/mol. The van der Waals surface area contributed by atoms with Crippen molar-refractivity contribution in [3.8, 4) is 5.75 Å². The van der Waals surface area contributed by atoms with Crippen molar-refractivity contribution in [3.05, 3.63) is 29.8 Å². The maximum absolute atomic E-state index is 11.4. The Bertz CT molecular complexity index is 488. The molecule has 0 saturated heterocycles. The first-order valence-corrected chi connectivity index (χ1v) is 7.65. The Hall–Kier alpha value is -1.06. The minimum absolute atomic E-state index is 0.248. The van der Waals surface area contributed by atoms with Crippen LogP contribution in [0, 0.1) is 17.8 Å². The number of nitrogens with zero attached hydrogens (tertiary/aromatic N) is 1. The zero-order chi connectivity index (χ0) is 14.3. The highest BCUT2D eigenvalue weighted by Crippen LogP contribution is 2.54. The van der Waals surface area contributed by atoms with E-state index in [1.54, 1.807) is 12.1 Å². The van der Waals surface area contributed by atoms with Gasteiger partial charge in [-0.1, -0.05) is 18.6 Å². The van der Waals surface area contributed by atoms with Crippen molar-refractivity contribution in [2.45, 2.75) is 31.3 Å². The molecule has 0 heterocycles. The molecule has 2 N–H and O–H groups in total. The van der Waals surface area contributed by atoms with Crippen LogP contribution in [0.3, 0.4) is 0 Å². The van der Waals surface area contributed by atoms with Crippen molar-refractivity contribution in [1.29, 1.82) is 0 Å². The predicted octanol–water partition coefficient (Wildman–Crippen LogP) is 2.58. The summed E-state index contributed by atoms with van der Waals surface area (Å²) in [5.41, 5.74) is 0.105. The number of hydrogen-bond acceptors (Lipinski definition) is 3. The Morgan fingerprint density at radius 1 is 1.30 bits per heavy atom. The summed E-state index contributed by atoms with van der Waals surface area (Å²) < 4.78 is 0. The summed E-state index contributed by atoms with van der Waals surface area (Å²) in [5.74, 6) is 1.77. The molecule has 3 nitrogen and oxygen atoms in total. The molecular weight excluding hydrogens is 250 g/mol. The van der Waals surface area contributed by atoms with E-state index in [9.17, 15) is 10.2 Å². The van der Waals surface area contributed by atoms with Crippen LogP contribution in [0.4, 0.5) is 0 Å². The van der Waals surface area contributed by atoms with Crippen LogP contribution < -0.4 is 0 Å². The summed E-state index contributed by atoms with van der Waals surface area (Å²) in [4.78, 5) is 2.18. The maximum atomic E-state index is 11.4. The van der Waals surface area contributed by atoms with E-state index in [-0.39, 0.29) is 11.7 Å². The third-order valence-corrected chi connectivity index (χ3v) is 5.27. The van der Waals surface area contributed by atoms with Crippen LogP contribution in [-0.4, -0.2) is 35.8 Å². The molecule has 20 heavy (non-hydrogen) atoms. The second-order valence-electron chi connectivity index (χ2n) is 6.99. The van der Waals surface area contributed by atoms with E-state index < -0.39 is 5.60 Å². The van der Waals surface area contributed by atoms with E-state index >= 15 is 0 Å². The minimum Gasteiger partial charge on any atom is -0.508 e. The summed E-state index contributed by atoms with van der Waals surface area (Å²) in [5, 5.41) is 21.2. The molecule has 2 aliphatic rings. The largest absolute Gasteiger partial charge is 0.508 e. The van der Waals surface area contributed by atoms with Crippen molar-refractivity contribution in [3.63, 3.8) is 0 Å². The number of rotatable bonds is 3. The van der Waals surface area contributed by atoms with E-state index in [1.165, 1.54) is 19.3 Å². The van der Waals surface area contributed by atoms with Crippen molar-refractivity contribution in [2.75, 3.05) is 20.6 Å². The number of phenolic OH excluding ortho intramolecular Hbond substituents is 1. The first kappa shape index (κ1) is 13.9. The van der Waals surface area contributed by atoms with Crippen molar-refractivity contribution in [1.82, 2.24) is 4.90 Å². The van der Waals surface area contributed by atoms with Gasteiger partial charge in [-0.05, 0) is 62.9 Å². The fourth-order valence-corrected chi connectivity index (χ4v) is 4.45. The van der Waals surface area contributed by atoms with Gasteiger partial charge >= 0.3 is 0 Å². The van der Waals surface area contributed by atoms with Crippen LogP contribution in [-0.2, 0) is 5.60 Å². The Balaban J connectivity index is 1.98. The van der Waals surface area contributed by atoms with Gasteiger partial charge in [0.05, 0.1) is 5.60 Å². The highest BCUT2D eigenvalue weighted by Gasteiger charge is 2.51. The predicted molar refractivity (Wildman–Crippen MR) is 79.5 cm³/mol. The third kappa shape index (κ3) is 2.33. The maximum Gasteiger partial charge on any atom is 0.115 e. The second-order valence-corrected chi connectivity index (χ2v) is 6.99. The molecule has 2 saturated carbocycles. The summed E-state index contributed by atoms with van der Waals surface area (Å²) in [6, 6.07) is 7.22. The Morgan fingerprint density at radius 2 is 2.10 bits per heavy atom. The summed E-state index contributed by atoms with van der Waals surface area (Å²) in [6.07, 6.45) is 4.59. The number of aliphatic hydroxyl groups is 1. The molecule has 2 aliphatic carbocycles. The number of benzene rings is 1. The standard InChI is InChI=1S/C17H25NO2/c1-18(2)11-16-13-7-6-12(8-13)10-17(16,20)14-4-3-5-15(19)9-14/h3-5,9,12-13,16,19-20H,6-8,10-11H2,1-2H3/t12-,13+,16+,17+/m1/s1. The number of phenols is 1. The lowest BCUT2D eigenvalue weighted by Gasteiger charge is -2.45. The van der Waals surface area contributed by atoms with Gasteiger partial charge in [-0.25, -0.2) is 0 Å². The number of fused-ring (bicyclic) bond motifs is 2. The normalized spacial score (nSPS) is 36.5. The van der Waals surface area contributed by atoms with Crippen LogP contribution in [0.15, 0.2) is 24.3 Å². The Morgan fingerprint density at radius 3 is 2.80 bits per heavy atom. The molecule has 0 aromatic heterocycles. The van der Waals surface area contributed by atoms with Gasteiger partial charge in [-0.15, -0.1) is 0 Å².